The van der Waals surface area contributed by atoms with Crippen LogP contribution >= 0.6 is 11.6 Å². The molecule has 1 aliphatic carbocycles. The van der Waals surface area contributed by atoms with Crippen LogP contribution < -0.4 is 5.32 Å². The molecular formula is C16H22ClNO2. The highest BCUT2D eigenvalue weighted by Crippen LogP contribution is 2.30. The average molecular weight is 296 g/mol. The monoisotopic (exact) mass is 295 g/mol. The van der Waals surface area contributed by atoms with Gasteiger partial charge in [-0.25, -0.2) is 4.79 Å². The summed E-state index contributed by atoms with van der Waals surface area (Å²) in [4.78, 5) is 11.5. The summed E-state index contributed by atoms with van der Waals surface area (Å²) >= 11 is 6.18. The molecule has 2 atom stereocenters. The summed E-state index contributed by atoms with van der Waals surface area (Å²) in [6.45, 7) is 3.23. The lowest BCUT2D eigenvalue weighted by molar-refractivity contribution is 0.0601. The lowest BCUT2D eigenvalue weighted by atomic mass is 9.82. The standard InChI is InChI=1S/C16H22ClNO2/c1-11-4-3-5-12(8-11)10-18-15-9-13(16(19)20-2)6-7-14(15)17/h6-7,9,11-12,18H,3-5,8,10H2,1-2H3. The molecule has 110 valence electrons. The molecule has 1 N–H and O–H groups in total. The van der Waals surface area contributed by atoms with Gasteiger partial charge in [0.1, 0.15) is 0 Å². The van der Waals surface area contributed by atoms with Crippen LogP contribution in [0.2, 0.25) is 5.02 Å². The third-order valence-electron chi connectivity index (χ3n) is 4.01. The van der Waals surface area contributed by atoms with E-state index >= 15 is 0 Å². The molecule has 4 heteroatoms. The normalized spacial score (nSPS) is 22.4. The molecule has 20 heavy (non-hydrogen) atoms. The van der Waals surface area contributed by atoms with E-state index in [1.54, 1.807) is 18.2 Å². The molecule has 1 aliphatic rings. The highest BCUT2D eigenvalue weighted by atomic mass is 35.5. The molecule has 0 heterocycles. The Morgan fingerprint density at radius 1 is 1.45 bits per heavy atom. The van der Waals surface area contributed by atoms with Gasteiger partial charge in [0.2, 0.25) is 0 Å². The van der Waals surface area contributed by atoms with Crippen molar-refractivity contribution in [3.8, 4) is 0 Å². The first-order valence-corrected chi connectivity index (χ1v) is 7.59. The number of methoxy groups -OCH3 is 1. The van der Waals surface area contributed by atoms with Crippen molar-refractivity contribution in [1.82, 2.24) is 0 Å². The smallest absolute Gasteiger partial charge is 0.337 e. The number of anilines is 1. The Morgan fingerprint density at radius 3 is 2.95 bits per heavy atom. The highest BCUT2D eigenvalue weighted by Gasteiger charge is 2.19. The van der Waals surface area contributed by atoms with E-state index in [-0.39, 0.29) is 5.97 Å². The minimum absolute atomic E-state index is 0.337. The van der Waals surface area contributed by atoms with Gasteiger partial charge in [0.05, 0.1) is 23.4 Å². The van der Waals surface area contributed by atoms with Gasteiger partial charge in [-0.3, -0.25) is 0 Å². The fourth-order valence-corrected chi connectivity index (χ4v) is 3.09. The van der Waals surface area contributed by atoms with Crippen LogP contribution in [0.25, 0.3) is 0 Å². The lowest BCUT2D eigenvalue weighted by Gasteiger charge is -2.27. The second kappa shape index (κ2) is 6.98. The SMILES string of the molecule is COC(=O)c1ccc(Cl)c(NCC2CCCC(C)C2)c1. The van der Waals surface area contributed by atoms with Crippen LogP contribution in [0.4, 0.5) is 5.69 Å². The molecular weight excluding hydrogens is 274 g/mol. The molecule has 1 aromatic rings. The number of hydrogen-bond acceptors (Lipinski definition) is 3. The van der Waals surface area contributed by atoms with E-state index in [4.69, 9.17) is 16.3 Å². The van der Waals surface area contributed by atoms with Crippen LogP contribution in [-0.4, -0.2) is 19.6 Å². The number of esters is 1. The topological polar surface area (TPSA) is 38.3 Å². The Bertz CT molecular complexity index is 476. The Morgan fingerprint density at radius 2 is 2.25 bits per heavy atom. The van der Waals surface area contributed by atoms with Crippen molar-refractivity contribution in [3.05, 3.63) is 28.8 Å². The maximum atomic E-state index is 11.5. The highest BCUT2D eigenvalue weighted by molar-refractivity contribution is 6.33. The molecule has 0 amide bonds. The number of benzene rings is 1. The van der Waals surface area contributed by atoms with Gasteiger partial charge in [-0.15, -0.1) is 0 Å². The van der Waals surface area contributed by atoms with Crippen molar-refractivity contribution in [2.75, 3.05) is 19.0 Å². The van der Waals surface area contributed by atoms with Crippen LogP contribution in [0, 0.1) is 11.8 Å². The second-order valence-electron chi connectivity index (χ2n) is 5.70. The van der Waals surface area contributed by atoms with Crippen molar-refractivity contribution >= 4 is 23.3 Å². The van der Waals surface area contributed by atoms with E-state index in [2.05, 4.69) is 12.2 Å². The van der Waals surface area contributed by atoms with Crippen LogP contribution in [0.1, 0.15) is 43.0 Å². The number of halogens is 1. The minimum Gasteiger partial charge on any atom is -0.465 e. The van der Waals surface area contributed by atoms with Crippen LogP contribution in [0.3, 0.4) is 0 Å². The van der Waals surface area contributed by atoms with Crippen LogP contribution in [0.15, 0.2) is 18.2 Å². The fourth-order valence-electron chi connectivity index (χ4n) is 2.90. The van der Waals surface area contributed by atoms with Gasteiger partial charge in [-0.2, -0.15) is 0 Å². The average Bonchev–Trinajstić information content (AvgIpc) is 2.45. The molecule has 0 bridgehead atoms. The van der Waals surface area contributed by atoms with Gasteiger partial charge in [-0.05, 0) is 42.9 Å². The van der Waals surface area contributed by atoms with Gasteiger partial charge in [0.25, 0.3) is 0 Å². The Hall–Kier alpha value is -1.22. The zero-order valence-corrected chi connectivity index (χ0v) is 12.9. The maximum Gasteiger partial charge on any atom is 0.337 e. The molecule has 0 aromatic heterocycles. The van der Waals surface area contributed by atoms with E-state index < -0.39 is 0 Å². The molecule has 1 saturated carbocycles. The number of carbonyl (C=O) groups excluding carboxylic acids is 1. The fraction of sp³-hybridized carbons (Fsp3) is 0.562. The predicted molar refractivity (Wildman–Crippen MR) is 82.4 cm³/mol. The molecule has 0 aliphatic heterocycles. The first-order chi connectivity index (χ1) is 9.60. The van der Waals surface area contributed by atoms with E-state index in [0.29, 0.717) is 16.5 Å². The van der Waals surface area contributed by atoms with Crippen molar-refractivity contribution in [3.63, 3.8) is 0 Å². The first-order valence-electron chi connectivity index (χ1n) is 7.22. The van der Waals surface area contributed by atoms with Crippen LogP contribution in [-0.2, 0) is 4.74 Å². The molecule has 0 spiro atoms. The largest absolute Gasteiger partial charge is 0.465 e. The summed E-state index contributed by atoms with van der Waals surface area (Å²) in [5.41, 5.74) is 1.34. The lowest BCUT2D eigenvalue weighted by Crippen LogP contribution is -2.21. The summed E-state index contributed by atoms with van der Waals surface area (Å²) in [5, 5.41) is 4.02. The zero-order chi connectivity index (χ0) is 14.5. The third-order valence-corrected chi connectivity index (χ3v) is 4.34. The van der Waals surface area contributed by atoms with Gasteiger partial charge < -0.3 is 10.1 Å². The quantitative estimate of drug-likeness (QED) is 0.839. The summed E-state index contributed by atoms with van der Waals surface area (Å²) in [5.74, 6) is 1.17. The maximum absolute atomic E-state index is 11.5. The van der Waals surface area contributed by atoms with Gasteiger partial charge in [-0.1, -0.05) is 31.4 Å². The van der Waals surface area contributed by atoms with Gasteiger partial charge >= 0.3 is 5.97 Å². The first kappa shape index (κ1) is 15.2. The van der Waals surface area contributed by atoms with E-state index in [1.807, 2.05) is 0 Å². The Labute approximate surface area is 125 Å². The second-order valence-corrected chi connectivity index (χ2v) is 6.11. The molecule has 3 nitrogen and oxygen atoms in total. The zero-order valence-electron chi connectivity index (χ0n) is 12.1. The molecule has 0 radical (unpaired) electrons. The molecule has 2 unspecified atom stereocenters. The van der Waals surface area contributed by atoms with Gasteiger partial charge in [0, 0.05) is 6.54 Å². The van der Waals surface area contributed by atoms with E-state index in [9.17, 15) is 4.79 Å². The Balaban J connectivity index is 1.99. The number of rotatable bonds is 4. The van der Waals surface area contributed by atoms with Crippen molar-refractivity contribution < 1.29 is 9.53 Å². The Kier molecular flexibility index (Phi) is 5.30. The summed E-state index contributed by atoms with van der Waals surface area (Å²) < 4.78 is 4.73. The summed E-state index contributed by atoms with van der Waals surface area (Å²) in [7, 11) is 1.38. The molecule has 1 fully saturated rings. The summed E-state index contributed by atoms with van der Waals surface area (Å²) in [6, 6.07) is 5.18. The number of hydrogen-bond donors (Lipinski definition) is 1. The molecule has 0 saturated heterocycles. The summed E-state index contributed by atoms with van der Waals surface area (Å²) in [6.07, 6.45) is 5.19. The number of ether oxygens (including phenoxy) is 1. The predicted octanol–water partition coefficient (Wildman–Crippen LogP) is 4.36. The van der Waals surface area contributed by atoms with E-state index in [0.717, 1.165) is 18.2 Å². The number of nitrogens with one attached hydrogen (secondary N) is 1. The third kappa shape index (κ3) is 3.89. The van der Waals surface area contributed by atoms with Crippen molar-refractivity contribution in [2.24, 2.45) is 11.8 Å². The number of carbonyl (C=O) groups is 1. The van der Waals surface area contributed by atoms with Crippen molar-refractivity contribution in [1.29, 1.82) is 0 Å². The van der Waals surface area contributed by atoms with Crippen molar-refractivity contribution in [2.45, 2.75) is 32.6 Å². The molecule has 2 rings (SSSR count). The van der Waals surface area contributed by atoms with Gasteiger partial charge in [0.15, 0.2) is 0 Å². The van der Waals surface area contributed by atoms with Crippen LogP contribution in [0.5, 0.6) is 0 Å². The van der Waals surface area contributed by atoms with E-state index in [1.165, 1.54) is 32.8 Å². The minimum atomic E-state index is -0.337. The molecule has 1 aromatic carbocycles.